The van der Waals surface area contributed by atoms with Crippen molar-refractivity contribution in [2.45, 2.75) is 65.1 Å². The summed E-state index contributed by atoms with van der Waals surface area (Å²) in [7, 11) is 0. The molecule has 3 amide bonds. The molecular formula is C18H32N4O7. The first-order chi connectivity index (χ1) is 13.4. The Morgan fingerprint density at radius 3 is 1.86 bits per heavy atom. The predicted molar refractivity (Wildman–Crippen MR) is 104 cm³/mol. The van der Waals surface area contributed by atoms with Crippen molar-refractivity contribution in [1.82, 2.24) is 16.0 Å². The van der Waals surface area contributed by atoms with Crippen LogP contribution in [0.25, 0.3) is 0 Å². The van der Waals surface area contributed by atoms with Gasteiger partial charge in [-0.1, -0.05) is 34.1 Å². The second-order valence-electron chi connectivity index (χ2n) is 7.25. The minimum absolute atomic E-state index is 0.0826. The summed E-state index contributed by atoms with van der Waals surface area (Å²) in [4.78, 5) is 58.5. The average Bonchev–Trinajstić information content (AvgIpc) is 2.64. The quantitative estimate of drug-likeness (QED) is 0.221. The van der Waals surface area contributed by atoms with Gasteiger partial charge in [0.05, 0.1) is 6.04 Å². The SMILES string of the molecule is CCC(C)C(NC(=O)C(NC(=O)C(N)CCC(=O)O)C(C)C)C(=O)NCC(=O)O. The van der Waals surface area contributed by atoms with Crippen molar-refractivity contribution < 1.29 is 34.2 Å². The molecule has 4 atom stereocenters. The zero-order chi connectivity index (χ0) is 22.7. The van der Waals surface area contributed by atoms with Crippen molar-refractivity contribution in [2.24, 2.45) is 17.6 Å². The summed E-state index contributed by atoms with van der Waals surface area (Å²) in [6.45, 7) is 6.35. The summed E-state index contributed by atoms with van der Waals surface area (Å²) in [5.41, 5.74) is 5.67. The van der Waals surface area contributed by atoms with Crippen LogP contribution in [0.1, 0.15) is 47.0 Å². The summed E-state index contributed by atoms with van der Waals surface area (Å²) >= 11 is 0. The van der Waals surface area contributed by atoms with E-state index in [1.165, 1.54) is 0 Å². The van der Waals surface area contributed by atoms with E-state index in [-0.39, 0.29) is 24.7 Å². The molecule has 0 aromatic rings. The molecule has 0 heterocycles. The van der Waals surface area contributed by atoms with Gasteiger partial charge in [-0.2, -0.15) is 0 Å². The Morgan fingerprint density at radius 2 is 1.41 bits per heavy atom. The van der Waals surface area contributed by atoms with Crippen LogP contribution >= 0.6 is 0 Å². The highest BCUT2D eigenvalue weighted by Gasteiger charge is 2.32. The van der Waals surface area contributed by atoms with Gasteiger partial charge in [0.2, 0.25) is 17.7 Å². The highest BCUT2D eigenvalue weighted by Crippen LogP contribution is 2.10. The van der Waals surface area contributed by atoms with Crippen molar-refractivity contribution in [3.8, 4) is 0 Å². The summed E-state index contributed by atoms with van der Waals surface area (Å²) in [6, 6.07) is -3.08. The lowest BCUT2D eigenvalue weighted by Crippen LogP contribution is -2.58. The van der Waals surface area contributed by atoms with Crippen molar-refractivity contribution in [3.63, 3.8) is 0 Å². The second kappa shape index (κ2) is 12.7. The maximum absolute atomic E-state index is 12.7. The maximum atomic E-state index is 12.7. The molecule has 0 aliphatic rings. The molecule has 29 heavy (non-hydrogen) atoms. The van der Waals surface area contributed by atoms with E-state index in [1.54, 1.807) is 20.8 Å². The zero-order valence-electron chi connectivity index (χ0n) is 17.2. The highest BCUT2D eigenvalue weighted by molar-refractivity contribution is 5.94. The van der Waals surface area contributed by atoms with Gasteiger partial charge in [-0.05, 0) is 18.3 Å². The van der Waals surface area contributed by atoms with E-state index in [0.717, 1.165) is 0 Å². The molecule has 166 valence electrons. The monoisotopic (exact) mass is 416 g/mol. The summed E-state index contributed by atoms with van der Waals surface area (Å²) in [5, 5.41) is 24.7. The molecule has 11 nitrogen and oxygen atoms in total. The number of nitrogens with two attached hydrogens (primary N) is 1. The van der Waals surface area contributed by atoms with Crippen LogP contribution in [-0.4, -0.2) is 64.5 Å². The zero-order valence-corrected chi connectivity index (χ0v) is 17.2. The topological polar surface area (TPSA) is 188 Å². The molecule has 0 aliphatic heterocycles. The molecule has 0 aliphatic carbocycles. The number of carbonyl (C=O) groups excluding carboxylic acids is 3. The number of carboxylic acid groups (broad SMARTS) is 2. The Bertz CT molecular complexity index is 609. The van der Waals surface area contributed by atoms with E-state index in [4.69, 9.17) is 15.9 Å². The lowest BCUT2D eigenvalue weighted by Gasteiger charge is -2.28. The number of rotatable bonds is 13. The van der Waals surface area contributed by atoms with Crippen LogP contribution in [0.4, 0.5) is 0 Å². The Kier molecular flexibility index (Phi) is 11.5. The summed E-state index contributed by atoms with van der Waals surface area (Å²) < 4.78 is 0. The number of hydrogen-bond donors (Lipinski definition) is 6. The van der Waals surface area contributed by atoms with E-state index in [2.05, 4.69) is 16.0 Å². The Labute approximate surface area is 169 Å². The van der Waals surface area contributed by atoms with E-state index in [1.807, 2.05) is 6.92 Å². The number of carbonyl (C=O) groups is 5. The third kappa shape index (κ3) is 9.88. The van der Waals surface area contributed by atoms with Gasteiger partial charge in [0.15, 0.2) is 0 Å². The third-order valence-electron chi connectivity index (χ3n) is 4.46. The Balaban J connectivity index is 5.18. The van der Waals surface area contributed by atoms with Gasteiger partial charge >= 0.3 is 11.9 Å². The van der Waals surface area contributed by atoms with Crippen LogP contribution in [0, 0.1) is 11.8 Å². The van der Waals surface area contributed by atoms with Crippen molar-refractivity contribution in [2.75, 3.05) is 6.54 Å². The van der Waals surface area contributed by atoms with Crippen LogP contribution < -0.4 is 21.7 Å². The van der Waals surface area contributed by atoms with E-state index in [0.29, 0.717) is 6.42 Å². The van der Waals surface area contributed by atoms with E-state index >= 15 is 0 Å². The first-order valence-corrected chi connectivity index (χ1v) is 9.48. The average molecular weight is 416 g/mol. The van der Waals surface area contributed by atoms with Gasteiger partial charge in [-0.15, -0.1) is 0 Å². The minimum Gasteiger partial charge on any atom is -0.481 e. The third-order valence-corrected chi connectivity index (χ3v) is 4.46. The fraction of sp³-hybridized carbons (Fsp3) is 0.722. The molecule has 0 saturated heterocycles. The number of hydrogen-bond acceptors (Lipinski definition) is 6. The van der Waals surface area contributed by atoms with Gasteiger partial charge < -0.3 is 31.9 Å². The number of carboxylic acids is 2. The molecule has 7 N–H and O–H groups in total. The first-order valence-electron chi connectivity index (χ1n) is 9.48. The van der Waals surface area contributed by atoms with Crippen molar-refractivity contribution in [1.29, 1.82) is 0 Å². The summed E-state index contributed by atoms with van der Waals surface area (Å²) in [6.07, 6.45) is 0.178. The molecule has 0 aromatic heterocycles. The highest BCUT2D eigenvalue weighted by atomic mass is 16.4. The maximum Gasteiger partial charge on any atom is 0.322 e. The standard InChI is InChI=1S/C18H32N4O7/c1-5-10(4)15(17(28)20-8-13(25)26)22-18(29)14(9(2)3)21-16(27)11(19)6-7-12(23)24/h9-11,14-15H,5-8,19H2,1-4H3,(H,20,28)(H,21,27)(H,22,29)(H,23,24)(H,25,26). The van der Waals surface area contributed by atoms with Crippen LogP contribution in [0.2, 0.25) is 0 Å². The normalized spacial score (nSPS) is 15.0. The van der Waals surface area contributed by atoms with Gasteiger partial charge in [-0.3, -0.25) is 24.0 Å². The Morgan fingerprint density at radius 1 is 0.862 bits per heavy atom. The van der Waals surface area contributed by atoms with Crippen LogP contribution in [0.3, 0.4) is 0 Å². The van der Waals surface area contributed by atoms with Crippen molar-refractivity contribution in [3.05, 3.63) is 0 Å². The molecule has 4 unspecified atom stereocenters. The number of nitrogens with one attached hydrogen (secondary N) is 3. The fourth-order valence-corrected chi connectivity index (χ4v) is 2.42. The van der Waals surface area contributed by atoms with Gasteiger partial charge in [0.25, 0.3) is 0 Å². The largest absolute Gasteiger partial charge is 0.481 e. The molecule has 0 bridgehead atoms. The molecule has 0 spiro atoms. The first kappa shape index (κ1) is 26.3. The molecule has 0 radical (unpaired) electrons. The second-order valence-corrected chi connectivity index (χ2v) is 7.25. The van der Waals surface area contributed by atoms with E-state index in [9.17, 15) is 24.0 Å². The Hall–Kier alpha value is -2.69. The summed E-state index contributed by atoms with van der Waals surface area (Å²) in [5.74, 6) is -4.85. The fourth-order valence-electron chi connectivity index (χ4n) is 2.42. The van der Waals surface area contributed by atoms with Gasteiger partial charge in [-0.25, -0.2) is 0 Å². The lowest BCUT2D eigenvalue weighted by molar-refractivity contribution is -0.139. The molecule has 11 heteroatoms. The number of aliphatic carboxylic acids is 2. The van der Waals surface area contributed by atoms with Crippen LogP contribution in [-0.2, 0) is 24.0 Å². The lowest BCUT2D eigenvalue weighted by atomic mass is 9.96. The number of amides is 3. The molecule has 0 aromatic carbocycles. The van der Waals surface area contributed by atoms with Crippen molar-refractivity contribution >= 4 is 29.7 Å². The molecule has 0 fully saturated rings. The predicted octanol–water partition coefficient (Wildman–Crippen LogP) is -0.949. The van der Waals surface area contributed by atoms with Crippen LogP contribution in [0.15, 0.2) is 0 Å². The molecule has 0 saturated carbocycles. The molecule has 0 rings (SSSR count). The van der Waals surface area contributed by atoms with Crippen LogP contribution in [0.5, 0.6) is 0 Å². The van der Waals surface area contributed by atoms with Gasteiger partial charge in [0.1, 0.15) is 18.6 Å². The van der Waals surface area contributed by atoms with Gasteiger partial charge in [0, 0.05) is 6.42 Å². The minimum atomic E-state index is -1.21. The molecular weight excluding hydrogens is 384 g/mol. The van der Waals surface area contributed by atoms with E-state index < -0.39 is 54.3 Å². The smallest absolute Gasteiger partial charge is 0.322 e.